The van der Waals surface area contributed by atoms with Gasteiger partial charge in [-0.15, -0.1) is 0 Å². The average molecular weight is 595 g/mol. The number of hydrogen-bond donors (Lipinski definition) is 6. The third-order valence-electron chi connectivity index (χ3n) is 7.40. The van der Waals surface area contributed by atoms with Crippen molar-refractivity contribution in [3.05, 3.63) is 65.7 Å². The number of phenols is 1. The summed E-state index contributed by atoms with van der Waals surface area (Å²) in [5.41, 5.74) is 12.3. The van der Waals surface area contributed by atoms with Crippen LogP contribution in [0, 0.1) is 5.92 Å². The van der Waals surface area contributed by atoms with Gasteiger partial charge in [0.2, 0.25) is 17.7 Å². The molecule has 232 valence electrons. The first-order valence-electron chi connectivity index (χ1n) is 14.5. The number of aromatic hydroxyl groups is 1. The fourth-order valence-corrected chi connectivity index (χ4v) is 5.14. The number of aliphatic imine (C=N–C) groups is 1. The number of rotatable bonds is 15. The number of aryl methyl sites for hydroxylation is 1. The average Bonchev–Trinajstić information content (AvgIpc) is 3.39. The van der Waals surface area contributed by atoms with E-state index < -0.39 is 42.0 Å². The second-order valence-electron chi connectivity index (χ2n) is 11.0. The van der Waals surface area contributed by atoms with Gasteiger partial charge in [0.1, 0.15) is 30.2 Å². The molecular formula is C31H42N6O6. The monoisotopic (exact) mass is 594 g/mol. The van der Waals surface area contributed by atoms with E-state index in [1.165, 1.54) is 17.0 Å². The number of nitrogens with zero attached hydrogens (tertiary/aromatic N) is 2. The molecule has 0 radical (unpaired) electrons. The molecule has 8 N–H and O–H groups in total. The van der Waals surface area contributed by atoms with Crippen LogP contribution in [0.5, 0.6) is 5.75 Å². The van der Waals surface area contributed by atoms with Gasteiger partial charge in [-0.1, -0.05) is 49.4 Å². The van der Waals surface area contributed by atoms with Crippen LogP contribution >= 0.6 is 0 Å². The topological polar surface area (TPSA) is 200 Å². The maximum atomic E-state index is 13.9. The van der Waals surface area contributed by atoms with E-state index in [0.717, 1.165) is 5.56 Å². The Morgan fingerprint density at radius 1 is 1.05 bits per heavy atom. The number of benzene rings is 2. The van der Waals surface area contributed by atoms with Crippen molar-refractivity contribution in [2.24, 2.45) is 22.4 Å². The molecule has 3 amide bonds. The summed E-state index contributed by atoms with van der Waals surface area (Å²) < 4.78 is 0. The summed E-state index contributed by atoms with van der Waals surface area (Å²) in [7, 11) is 0. The Morgan fingerprint density at radius 3 is 2.40 bits per heavy atom. The van der Waals surface area contributed by atoms with Crippen LogP contribution in [0.4, 0.5) is 0 Å². The SMILES string of the molecule is CC1CC(C(=O)NC(C=O)CCCN=C(N)N)N(C(=O)C(CCc2ccccc2)NC(=O)C(O)Cc2ccc(O)cc2)C1. The van der Waals surface area contributed by atoms with Gasteiger partial charge in [-0.05, 0) is 61.3 Å². The second-order valence-corrected chi connectivity index (χ2v) is 11.0. The van der Waals surface area contributed by atoms with E-state index in [2.05, 4.69) is 15.6 Å². The molecule has 0 aromatic heterocycles. The standard InChI is InChI=1S/C31H42N6O6/c1-20-16-26(28(41)35-23(19-38)8-5-15-34-31(32)33)37(18-20)30(43)25(14-11-21-6-3-2-4-7-21)36-29(42)27(40)17-22-9-12-24(39)13-10-22/h2-4,6-7,9-10,12-13,19-20,23,25-27,39-40H,5,8,11,14-18H2,1H3,(H,35,41)(H,36,42)(H4,32,33,34). The van der Waals surface area contributed by atoms with Crippen molar-refractivity contribution in [3.63, 3.8) is 0 Å². The zero-order valence-electron chi connectivity index (χ0n) is 24.4. The minimum atomic E-state index is -1.43. The highest BCUT2D eigenvalue weighted by molar-refractivity contribution is 5.94. The first kappa shape index (κ1) is 33.1. The van der Waals surface area contributed by atoms with E-state index in [-0.39, 0.29) is 30.5 Å². The minimum absolute atomic E-state index is 0.00619. The molecule has 0 aliphatic carbocycles. The first-order valence-corrected chi connectivity index (χ1v) is 14.5. The van der Waals surface area contributed by atoms with Crippen molar-refractivity contribution in [1.29, 1.82) is 0 Å². The number of carbonyl (C=O) groups is 4. The lowest BCUT2D eigenvalue weighted by atomic mass is 10.0. The third kappa shape index (κ3) is 10.4. The van der Waals surface area contributed by atoms with Gasteiger partial charge in [0.05, 0.1) is 6.04 Å². The van der Waals surface area contributed by atoms with Crippen molar-refractivity contribution >= 4 is 30.0 Å². The van der Waals surface area contributed by atoms with Gasteiger partial charge in [-0.25, -0.2) is 0 Å². The highest BCUT2D eigenvalue weighted by Gasteiger charge is 2.41. The van der Waals surface area contributed by atoms with Gasteiger partial charge in [0, 0.05) is 19.5 Å². The molecule has 1 saturated heterocycles. The van der Waals surface area contributed by atoms with Gasteiger partial charge >= 0.3 is 0 Å². The number of amides is 3. The number of aliphatic hydroxyl groups excluding tert-OH is 1. The molecule has 1 aliphatic heterocycles. The van der Waals surface area contributed by atoms with E-state index in [0.29, 0.717) is 50.6 Å². The fraction of sp³-hybridized carbons (Fsp3) is 0.452. The molecule has 5 atom stereocenters. The number of nitrogens with two attached hydrogens (primary N) is 2. The summed E-state index contributed by atoms with van der Waals surface area (Å²) in [4.78, 5) is 57.3. The maximum absolute atomic E-state index is 13.9. The minimum Gasteiger partial charge on any atom is -0.508 e. The number of hydrogen-bond acceptors (Lipinski definition) is 7. The van der Waals surface area contributed by atoms with Crippen molar-refractivity contribution < 1.29 is 29.4 Å². The van der Waals surface area contributed by atoms with Gasteiger partial charge in [0.25, 0.3) is 0 Å². The number of likely N-dealkylation sites (tertiary alicyclic amines) is 1. The molecule has 1 fully saturated rings. The zero-order chi connectivity index (χ0) is 31.4. The molecular weight excluding hydrogens is 552 g/mol. The number of aldehydes is 1. The highest BCUT2D eigenvalue weighted by atomic mass is 16.3. The van der Waals surface area contributed by atoms with Gasteiger partial charge in [-0.2, -0.15) is 0 Å². The maximum Gasteiger partial charge on any atom is 0.249 e. The summed E-state index contributed by atoms with van der Waals surface area (Å²) in [5.74, 6) is -1.56. The summed E-state index contributed by atoms with van der Waals surface area (Å²) in [6.45, 7) is 2.55. The van der Waals surface area contributed by atoms with Crippen LogP contribution in [0.3, 0.4) is 0 Å². The van der Waals surface area contributed by atoms with Crippen molar-refractivity contribution in [3.8, 4) is 5.75 Å². The predicted octanol–water partition coefficient (Wildman–Crippen LogP) is 0.388. The normalized spacial score (nSPS) is 18.2. The molecule has 1 aliphatic rings. The second kappa shape index (κ2) is 16.3. The Labute approximate surface area is 251 Å². The number of carbonyl (C=O) groups excluding carboxylic acids is 4. The molecule has 1 heterocycles. The molecule has 12 heteroatoms. The number of phenolic OH excluding ortho intramolecular Hbond substituents is 1. The molecule has 0 saturated carbocycles. The van der Waals surface area contributed by atoms with Crippen molar-refractivity contribution in [1.82, 2.24) is 15.5 Å². The number of nitrogens with one attached hydrogen (secondary N) is 2. The van der Waals surface area contributed by atoms with E-state index in [1.54, 1.807) is 12.1 Å². The number of aliphatic hydroxyl groups is 1. The van der Waals surface area contributed by atoms with Crippen molar-refractivity contribution in [2.45, 2.75) is 69.7 Å². The third-order valence-corrected chi connectivity index (χ3v) is 7.40. The van der Waals surface area contributed by atoms with Gasteiger partial charge in [-0.3, -0.25) is 19.4 Å². The fourth-order valence-electron chi connectivity index (χ4n) is 5.14. The lowest BCUT2D eigenvalue weighted by Crippen LogP contribution is -2.56. The van der Waals surface area contributed by atoms with E-state index >= 15 is 0 Å². The zero-order valence-corrected chi connectivity index (χ0v) is 24.4. The predicted molar refractivity (Wildman–Crippen MR) is 162 cm³/mol. The van der Waals surface area contributed by atoms with E-state index in [9.17, 15) is 29.4 Å². The molecule has 0 spiro atoms. The van der Waals surface area contributed by atoms with Crippen molar-refractivity contribution in [2.75, 3.05) is 13.1 Å². The van der Waals surface area contributed by atoms with E-state index in [1.807, 2.05) is 37.3 Å². The Bertz CT molecular complexity index is 1250. The number of guanidine groups is 1. The Balaban J connectivity index is 1.72. The Kier molecular flexibility index (Phi) is 12.5. The quantitative estimate of drug-likeness (QED) is 0.0735. The summed E-state index contributed by atoms with van der Waals surface area (Å²) in [6.07, 6.45) is 1.16. The summed E-state index contributed by atoms with van der Waals surface area (Å²) >= 11 is 0. The highest BCUT2D eigenvalue weighted by Crippen LogP contribution is 2.25. The first-order chi connectivity index (χ1) is 20.6. The van der Waals surface area contributed by atoms with Gasteiger partial charge in [0.15, 0.2) is 5.96 Å². The summed E-state index contributed by atoms with van der Waals surface area (Å²) in [6, 6.07) is 13.0. The lowest BCUT2D eigenvalue weighted by Gasteiger charge is -2.30. The van der Waals surface area contributed by atoms with Crippen LogP contribution in [0.25, 0.3) is 0 Å². The molecule has 5 unspecified atom stereocenters. The van der Waals surface area contributed by atoms with E-state index in [4.69, 9.17) is 11.5 Å². The largest absolute Gasteiger partial charge is 0.508 e. The van der Waals surface area contributed by atoms with Crippen LogP contribution in [0.2, 0.25) is 0 Å². The molecule has 2 aromatic rings. The molecule has 43 heavy (non-hydrogen) atoms. The molecule has 2 aromatic carbocycles. The van der Waals surface area contributed by atoms with Crippen LogP contribution in [-0.4, -0.2) is 82.4 Å². The van der Waals surface area contributed by atoms with Gasteiger partial charge < -0.3 is 42.0 Å². The van der Waals surface area contributed by atoms with Crippen LogP contribution in [-0.2, 0) is 32.0 Å². The molecule has 3 rings (SSSR count). The van der Waals surface area contributed by atoms with Crippen LogP contribution in [0.1, 0.15) is 43.7 Å². The molecule has 0 bridgehead atoms. The Morgan fingerprint density at radius 2 is 1.74 bits per heavy atom. The molecule has 12 nitrogen and oxygen atoms in total. The van der Waals surface area contributed by atoms with Crippen LogP contribution in [0.15, 0.2) is 59.6 Å². The van der Waals surface area contributed by atoms with Crippen LogP contribution < -0.4 is 22.1 Å². The summed E-state index contributed by atoms with van der Waals surface area (Å²) in [5, 5.41) is 25.6. The Hall–Kier alpha value is -4.45. The lowest BCUT2D eigenvalue weighted by molar-refractivity contribution is -0.143. The smallest absolute Gasteiger partial charge is 0.249 e.